The van der Waals surface area contributed by atoms with E-state index < -0.39 is 0 Å². The van der Waals surface area contributed by atoms with Crippen LogP contribution in [0.1, 0.15) is 17.8 Å². The molecule has 0 aliphatic carbocycles. The second-order valence-electron chi connectivity index (χ2n) is 6.47. The van der Waals surface area contributed by atoms with Gasteiger partial charge in [0.25, 0.3) is 5.56 Å². The molecule has 0 unspecified atom stereocenters. The third kappa shape index (κ3) is 3.62. The van der Waals surface area contributed by atoms with Gasteiger partial charge in [-0.05, 0) is 29.8 Å². The van der Waals surface area contributed by atoms with E-state index in [0.717, 1.165) is 11.3 Å². The van der Waals surface area contributed by atoms with Crippen molar-refractivity contribution in [1.82, 2.24) is 14.9 Å². The summed E-state index contributed by atoms with van der Waals surface area (Å²) in [6.07, 6.45) is 0.646. The van der Waals surface area contributed by atoms with Gasteiger partial charge in [-0.1, -0.05) is 18.2 Å². The van der Waals surface area contributed by atoms with Crippen molar-refractivity contribution < 1.29 is 14.3 Å². The highest BCUT2D eigenvalue weighted by Gasteiger charge is 2.16. The molecule has 1 amide bonds. The lowest BCUT2D eigenvalue weighted by Gasteiger charge is -2.17. The highest BCUT2D eigenvalue weighted by molar-refractivity contribution is 5.78. The maximum absolute atomic E-state index is 12.5. The topological polar surface area (TPSA) is 84.5 Å². The lowest BCUT2D eigenvalue weighted by Crippen LogP contribution is -2.26. The lowest BCUT2D eigenvalue weighted by molar-refractivity contribution is -0.130. The van der Waals surface area contributed by atoms with Crippen LogP contribution >= 0.6 is 0 Å². The number of aryl methyl sites for hydroxylation is 1. The molecule has 27 heavy (non-hydrogen) atoms. The van der Waals surface area contributed by atoms with E-state index in [9.17, 15) is 9.59 Å². The molecule has 4 rings (SSSR count). The normalized spacial score (nSPS) is 12.3. The number of aromatic nitrogens is 2. The van der Waals surface area contributed by atoms with Gasteiger partial charge in [-0.25, -0.2) is 4.98 Å². The van der Waals surface area contributed by atoms with Gasteiger partial charge in [-0.3, -0.25) is 9.59 Å². The fourth-order valence-electron chi connectivity index (χ4n) is 3.07. The number of aromatic amines is 1. The first-order valence-corrected chi connectivity index (χ1v) is 8.70. The molecule has 138 valence electrons. The third-order valence-electron chi connectivity index (χ3n) is 4.52. The van der Waals surface area contributed by atoms with Crippen molar-refractivity contribution in [3.63, 3.8) is 0 Å². The van der Waals surface area contributed by atoms with Crippen LogP contribution in [0.3, 0.4) is 0 Å². The van der Waals surface area contributed by atoms with E-state index in [4.69, 9.17) is 9.47 Å². The van der Waals surface area contributed by atoms with Gasteiger partial charge >= 0.3 is 0 Å². The number of hydrogen-bond acceptors (Lipinski definition) is 5. The van der Waals surface area contributed by atoms with E-state index >= 15 is 0 Å². The molecule has 1 aromatic heterocycles. The molecular formula is C20H19N3O4. The summed E-state index contributed by atoms with van der Waals surface area (Å²) in [6, 6.07) is 12.8. The van der Waals surface area contributed by atoms with Crippen molar-refractivity contribution in [2.24, 2.45) is 0 Å². The van der Waals surface area contributed by atoms with Gasteiger partial charge in [0, 0.05) is 26.4 Å². The Morgan fingerprint density at radius 2 is 2.00 bits per heavy atom. The molecule has 0 atom stereocenters. The minimum atomic E-state index is -0.184. The van der Waals surface area contributed by atoms with Gasteiger partial charge in [-0.15, -0.1) is 0 Å². The molecule has 0 saturated carbocycles. The minimum absolute atomic E-state index is 0.0246. The fourth-order valence-corrected chi connectivity index (χ4v) is 3.07. The summed E-state index contributed by atoms with van der Waals surface area (Å²) in [5.41, 5.74) is 1.42. The maximum Gasteiger partial charge on any atom is 0.258 e. The molecule has 1 aliphatic heterocycles. The Labute approximate surface area is 155 Å². The standard InChI is InChI=1S/C20H19N3O4/c1-23(11-13-6-7-16-17(10-13)27-12-26-16)19(24)9-8-18-21-15-5-3-2-4-14(15)20(25)22-18/h2-7,10H,8-9,11-12H2,1H3,(H,21,22,25). The first kappa shape index (κ1) is 17.1. The average molecular weight is 365 g/mol. The quantitative estimate of drug-likeness (QED) is 0.750. The highest BCUT2D eigenvalue weighted by atomic mass is 16.7. The van der Waals surface area contributed by atoms with Gasteiger partial charge in [0.05, 0.1) is 10.9 Å². The van der Waals surface area contributed by atoms with Gasteiger partial charge in [-0.2, -0.15) is 0 Å². The summed E-state index contributed by atoms with van der Waals surface area (Å²) in [4.78, 5) is 33.4. The Morgan fingerprint density at radius 1 is 1.19 bits per heavy atom. The molecule has 2 heterocycles. The van der Waals surface area contributed by atoms with Gasteiger partial charge in [0.15, 0.2) is 11.5 Å². The molecule has 0 spiro atoms. The number of fused-ring (bicyclic) bond motifs is 2. The van der Waals surface area contributed by atoms with Crippen molar-refractivity contribution in [3.05, 3.63) is 64.2 Å². The van der Waals surface area contributed by atoms with E-state index in [2.05, 4.69) is 9.97 Å². The Balaban J connectivity index is 1.39. The Kier molecular flexibility index (Phi) is 4.50. The molecule has 0 radical (unpaired) electrons. The predicted molar refractivity (Wildman–Crippen MR) is 99.7 cm³/mol. The number of carbonyl (C=O) groups excluding carboxylic acids is 1. The monoisotopic (exact) mass is 365 g/mol. The third-order valence-corrected chi connectivity index (χ3v) is 4.52. The smallest absolute Gasteiger partial charge is 0.258 e. The molecule has 3 aromatic rings. The molecule has 2 aromatic carbocycles. The second kappa shape index (κ2) is 7.11. The number of nitrogens with one attached hydrogen (secondary N) is 1. The molecule has 7 heteroatoms. The van der Waals surface area contributed by atoms with E-state index in [-0.39, 0.29) is 24.7 Å². The molecule has 7 nitrogen and oxygen atoms in total. The molecule has 0 saturated heterocycles. The van der Waals surface area contributed by atoms with Crippen LogP contribution in [0, 0.1) is 0 Å². The van der Waals surface area contributed by atoms with Crippen molar-refractivity contribution in [3.8, 4) is 11.5 Å². The zero-order valence-electron chi connectivity index (χ0n) is 14.9. The Bertz CT molecular complexity index is 1060. The zero-order chi connectivity index (χ0) is 18.8. The number of benzene rings is 2. The van der Waals surface area contributed by atoms with E-state index in [1.165, 1.54) is 0 Å². The van der Waals surface area contributed by atoms with Gasteiger partial charge in [0.1, 0.15) is 5.82 Å². The van der Waals surface area contributed by atoms with Crippen molar-refractivity contribution in [2.45, 2.75) is 19.4 Å². The second-order valence-corrected chi connectivity index (χ2v) is 6.47. The summed E-state index contributed by atoms with van der Waals surface area (Å²) in [7, 11) is 1.75. The molecular weight excluding hydrogens is 346 g/mol. The maximum atomic E-state index is 12.5. The highest BCUT2D eigenvalue weighted by Crippen LogP contribution is 2.32. The minimum Gasteiger partial charge on any atom is -0.454 e. The van der Waals surface area contributed by atoms with Crippen LogP contribution in [-0.2, 0) is 17.8 Å². The molecule has 0 fully saturated rings. The van der Waals surface area contributed by atoms with Crippen LogP contribution in [0.25, 0.3) is 10.9 Å². The summed E-state index contributed by atoms with van der Waals surface area (Å²) >= 11 is 0. The first-order chi connectivity index (χ1) is 13.1. The zero-order valence-corrected chi connectivity index (χ0v) is 14.9. The summed E-state index contributed by atoms with van der Waals surface area (Å²) in [6.45, 7) is 0.696. The number of amides is 1. The summed E-state index contributed by atoms with van der Waals surface area (Å²) < 4.78 is 10.7. The number of rotatable bonds is 5. The number of ether oxygens (including phenoxy) is 2. The first-order valence-electron chi connectivity index (χ1n) is 8.70. The van der Waals surface area contributed by atoms with Crippen molar-refractivity contribution >= 4 is 16.8 Å². The van der Waals surface area contributed by atoms with Crippen molar-refractivity contribution in [2.75, 3.05) is 13.8 Å². The number of H-pyrrole nitrogens is 1. The van der Waals surface area contributed by atoms with Crippen LogP contribution < -0.4 is 15.0 Å². The molecule has 1 aliphatic rings. The van der Waals surface area contributed by atoms with Gasteiger partial charge in [0.2, 0.25) is 12.7 Å². The number of hydrogen-bond donors (Lipinski definition) is 1. The number of nitrogens with zero attached hydrogens (tertiary/aromatic N) is 2. The summed E-state index contributed by atoms with van der Waals surface area (Å²) in [5.74, 6) is 1.91. The van der Waals surface area contributed by atoms with E-state index in [0.29, 0.717) is 35.4 Å². The SMILES string of the molecule is CN(Cc1ccc2c(c1)OCO2)C(=O)CCc1nc2ccccc2c(=O)[nH]1. The predicted octanol–water partition coefficient (Wildman–Crippen LogP) is 2.24. The van der Waals surface area contributed by atoms with Crippen LogP contribution in [0.5, 0.6) is 11.5 Å². The molecule has 0 bridgehead atoms. The van der Waals surface area contributed by atoms with Crippen LogP contribution in [0.4, 0.5) is 0 Å². The number of carbonyl (C=O) groups is 1. The van der Waals surface area contributed by atoms with Crippen LogP contribution in [-0.4, -0.2) is 34.6 Å². The average Bonchev–Trinajstić information content (AvgIpc) is 3.14. The summed E-state index contributed by atoms with van der Waals surface area (Å²) in [5, 5.41) is 0.549. The van der Waals surface area contributed by atoms with Crippen LogP contribution in [0.2, 0.25) is 0 Å². The lowest BCUT2D eigenvalue weighted by atomic mass is 10.1. The van der Waals surface area contributed by atoms with Gasteiger partial charge < -0.3 is 19.4 Å². The van der Waals surface area contributed by atoms with E-state index in [1.54, 1.807) is 30.1 Å². The van der Waals surface area contributed by atoms with E-state index in [1.807, 2.05) is 24.3 Å². The largest absolute Gasteiger partial charge is 0.454 e. The Morgan fingerprint density at radius 3 is 2.89 bits per heavy atom. The number of para-hydroxylation sites is 1. The fraction of sp³-hybridized carbons (Fsp3) is 0.250. The van der Waals surface area contributed by atoms with Crippen LogP contribution in [0.15, 0.2) is 47.3 Å². The van der Waals surface area contributed by atoms with Crippen molar-refractivity contribution in [1.29, 1.82) is 0 Å². The molecule has 1 N–H and O–H groups in total. The Hall–Kier alpha value is -3.35.